The number of amides is 1. The van der Waals surface area contributed by atoms with Gasteiger partial charge in [-0.25, -0.2) is 4.98 Å². The van der Waals surface area contributed by atoms with E-state index >= 15 is 0 Å². The summed E-state index contributed by atoms with van der Waals surface area (Å²) in [5.74, 6) is 2.32. The summed E-state index contributed by atoms with van der Waals surface area (Å²) in [7, 11) is 0. The predicted molar refractivity (Wildman–Crippen MR) is 76.1 cm³/mol. The van der Waals surface area contributed by atoms with Gasteiger partial charge in [-0.1, -0.05) is 6.92 Å². The Hall–Kier alpha value is -0.590. The van der Waals surface area contributed by atoms with Crippen LogP contribution in [0.3, 0.4) is 0 Å². The van der Waals surface area contributed by atoms with Gasteiger partial charge in [0.1, 0.15) is 5.82 Å². The maximum absolute atomic E-state index is 11.6. The molecule has 0 aromatic carbocycles. The lowest BCUT2D eigenvalue weighted by atomic mass is 10.2. The molecule has 6 heteroatoms. The van der Waals surface area contributed by atoms with E-state index in [2.05, 4.69) is 33.2 Å². The van der Waals surface area contributed by atoms with Gasteiger partial charge < -0.3 is 11.1 Å². The fourth-order valence-electron chi connectivity index (χ4n) is 1.05. The molecule has 0 aliphatic heterocycles. The van der Waals surface area contributed by atoms with Gasteiger partial charge in [0.25, 0.3) is 0 Å². The predicted octanol–water partition coefficient (Wildman–Crippen LogP) is 2.11. The molecule has 0 saturated carbocycles. The second-order valence-electron chi connectivity index (χ2n) is 3.77. The van der Waals surface area contributed by atoms with Crippen LogP contribution in [0.25, 0.3) is 0 Å². The number of carbonyl (C=O) groups excluding carboxylic acids is 1. The Labute approximate surface area is 114 Å². The minimum atomic E-state index is -0.0333. The molecule has 3 N–H and O–H groups in total. The van der Waals surface area contributed by atoms with Crippen molar-refractivity contribution in [3.63, 3.8) is 0 Å². The van der Waals surface area contributed by atoms with Crippen LogP contribution in [0.1, 0.15) is 6.92 Å². The third-order valence-corrected chi connectivity index (χ3v) is 3.77. The van der Waals surface area contributed by atoms with Gasteiger partial charge in [-0.05, 0) is 46.3 Å². The van der Waals surface area contributed by atoms with Crippen LogP contribution in [0.2, 0.25) is 0 Å². The first-order valence-electron chi connectivity index (χ1n) is 5.31. The molecule has 0 spiro atoms. The van der Waals surface area contributed by atoms with Crippen LogP contribution in [-0.2, 0) is 4.79 Å². The molecule has 1 rings (SSSR count). The van der Waals surface area contributed by atoms with E-state index in [0.717, 1.165) is 10.2 Å². The number of thioether (sulfide) groups is 1. The van der Waals surface area contributed by atoms with Crippen molar-refractivity contribution in [2.45, 2.75) is 6.92 Å². The number of pyridine rings is 1. The normalized spacial score (nSPS) is 12.2. The fourth-order valence-corrected chi connectivity index (χ4v) is 2.20. The molecular formula is C11H16BrN3OS. The van der Waals surface area contributed by atoms with Crippen molar-refractivity contribution in [2.24, 2.45) is 11.7 Å². The van der Waals surface area contributed by atoms with Crippen LogP contribution in [0.15, 0.2) is 22.8 Å². The summed E-state index contributed by atoms with van der Waals surface area (Å²) in [5.41, 5.74) is 5.50. The van der Waals surface area contributed by atoms with Gasteiger partial charge in [0.05, 0.1) is 5.75 Å². The zero-order chi connectivity index (χ0) is 12.7. The molecule has 0 saturated heterocycles. The summed E-state index contributed by atoms with van der Waals surface area (Å²) in [4.78, 5) is 15.6. The minimum Gasteiger partial charge on any atom is -0.330 e. The monoisotopic (exact) mass is 317 g/mol. The molecule has 1 aromatic rings. The van der Waals surface area contributed by atoms with Gasteiger partial charge in [0.15, 0.2) is 0 Å². The number of carbonyl (C=O) groups is 1. The molecule has 94 valence electrons. The Kier molecular flexibility index (Phi) is 6.54. The van der Waals surface area contributed by atoms with Crippen LogP contribution >= 0.6 is 27.7 Å². The first kappa shape index (κ1) is 14.5. The SMILES string of the molecule is CC(CN)CSCC(=O)Nc1ccc(Br)cn1. The van der Waals surface area contributed by atoms with E-state index in [1.54, 1.807) is 24.0 Å². The van der Waals surface area contributed by atoms with Gasteiger partial charge in [-0.2, -0.15) is 11.8 Å². The lowest BCUT2D eigenvalue weighted by Crippen LogP contribution is -2.18. The van der Waals surface area contributed by atoms with E-state index in [-0.39, 0.29) is 5.91 Å². The topological polar surface area (TPSA) is 68.0 Å². The molecule has 1 heterocycles. The van der Waals surface area contributed by atoms with Crippen LogP contribution in [-0.4, -0.2) is 28.9 Å². The molecule has 0 fully saturated rings. The van der Waals surface area contributed by atoms with Gasteiger partial charge in [0, 0.05) is 10.7 Å². The number of aromatic nitrogens is 1. The van der Waals surface area contributed by atoms with Gasteiger partial charge in [-0.3, -0.25) is 4.79 Å². The van der Waals surface area contributed by atoms with Gasteiger partial charge in [0.2, 0.25) is 5.91 Å². The average Bonchev–Trinajstić information content (AvgIpc) is 2.32. The summed E-state index contributed by atoms with van der Waals surface area (Å²) < 4.78 is 0.890. The van der Waals surface area contributed by atoms with Crippen molar-refractivity contribution >= 4 is 39.4 Å². The molecule has 0 radical (unpaired) electrons. The van der Waals surface area contributed by atoms with E-state index in [9.17, 15) is 4.79 Å². The molecule has 0 bridgehead atoms. The number of nitrogens with zero attached hydrogens (tertiary/aromatic N) is 1. The Balaban J connectivity index is 2.27. The number of nitrogens with two attached hydrogens (primary N) is 1. The number of anilines is 1. The van der Waals surface area contributed by atoms with Gasteiger partial charge >= 0.3 is 0 Å². The van der Waals surface area contributed by atoms with E-state index < -0.39 is 0 Å². The molecule has 1 unspecified atom stereocenters. The molecule has 1 atom stereocenters. The summed E-state index contributed by atoms with van der Waals surface area (Å²) in [6, 6.07) is 3.60. The molecule has 1 amide bonds. The lowest BCUT2D eigenvalue weighted by Gasteiger charge is -2.07. The maximum Gasteiger partial charge on any atom is 0.235 e. The van der Waals surface area contributed by atoms with Crippen molar-refractivity contribution in [3.8, 4) is 0 Å². The quantitative estimate of drug-likeness (QED) is 0.843. The second kappa shape index (κ2) is 7.68. The summed E-state index contributed by atoms with van der Waals surface area (Å²) in [6.45, 7) is 2.73. The Morgan fingerprint density at radius 2 is 2.41 bits per heavy atom. The molecule has 1 aromatic heterocycles. The number of hydrogen-bond acceptors (Lipinski definition) is 4. The van der Waals surface area contributed by atoms with Crippen molar-refractivity contribution in [3.05, 3.63) is 22.8 Å². The number of nitrogens with one attached hydrogen (secondary N) is 1. The third-order valence-electron chi connectivity index (χ3n) is 2.03. The molecule has 0 aliphatic rings. The van der Waals surface area contributed by atoms with Crippen molar-refractivity contribution < 1.29 is 4.79 Å². The Bertz CT molecular complexity index is 358. The molecule has 4 nitrogen and oxygen atoms in total. The van der Waals surface area contributed by atoms with Crippen LogP contribution < -0.4 is 11.1 Å². The zero-order valence-electron chi connectivity index (χ0n) is 9.65. The maximum atomic E-state index is 11.6. The minimum absolute atomic E-state index is 0.0333. The number of rotatable bonds is 6. The first-order chi connectivity index (χ1) is 8.11. The summed E-state index contributed by atoms with van der Waals surface area (Å²) in [5, 5.41) is 2.74. The van der Waals surface area contributed by atoms with Crippen molar-refractivity contribution in [1.82, 2.24) is 4.98 Å². The highest BCUT2D eigenvalue weighted by Crippen LogP contribution is 2.11. The highest BCUT2D eigenvalue weighted by atomic mass is 79.9. The smallest absolute Gasteiger partial charge is 0.235 e. The molecule has 17 heavy (non-hydrogen) atoms. The van der Waals surface area contributed by atoms with Crippen molar-refractivity contribution in [2.75, 3.05) is 23.4 Å². The van der Waals surface area contributed by atoms with Gasteiger partial charge in [-0.15, -0.1) is 0 Å². The van der Waals surface area contributed by atoms with Crippen molar-refractivity contribution in [1.29, 1.82) is 0 Å². The zero-order valence-corrected chi connectivity index (χ0v) is 12.1. The van der Waals surface area contributed by atoms with E-state index in [4.69, 9.17) is 5.73 Å². The molecular weight excluding hydrogens is 302 g/mol. The van der Waals surface area contributed by atoms with E-state index in [1.807, 2.05) is 6.07 Å². The average molecular weight is 318 g/mol. The third kappa shape index (κ3) is 6.05. The largest absolute Gasteiger partial charge is 0.330 e. The second-order valence-corrected chi connectivity index (χ2v) is 5.71. The highest BCUT2D eigenvalue weighted by Gasteiger charge is 2.05. The van der Waals surface area contributed by atoms with Crippen LogP contribution in [0.4, 0.5) is 5.82 Å². The first-order valence-corrected chi connectivity index (χ1v) is 7.25. The highest BCUT2D eigenvalue weighted by molar-refractivity contribution is 9.10. The Morgan fingerprint density at radius 3 is 3.00 bits per heavy atom. The number of halogens is 1. The fraction of sp³-hybridized carbons (Fsp3) is 0.455. The van der Waals surface area contributed by atoms with E-state index in [1.165, 1.54) is 0 Å². The lowest BCUT2D eigenvalue weighted by molar-refractivity contribution is -0.113. The Morgan fingerprint density at radius 1 is 1.65 bits per heavy atom. The standard InChI is InChI=1S/C11H16BrN3OS/c1-8(4-13)6-17-7-11(16)15-10-3-2-9(12)5-14-10/h2-3,5,8H,4,6-7,13H2,1H3,(H,14,15,16). The van der Waals surface area contributed by atoms with Crippen LogP contribution in [0, 0.1) is 5.92 Å². The van der Waals surface area contributed by atoms with E-state index in [0.29, 0.717) is 24.0 Å². The summed E-state index contributed by atoms with van der Waals surface area (Å²) >= 11 is 4.87. The molecule has 0 aliphatic carbocycles. The van der Waals surface area contributed by atoms with Crippen LogP contribution in [0.5, 0.6) is 0 Å². The summed E-state index contributed by atoms with van der Waals surface area (Å²) in [6.07, 6.45) is 1.65. The number of hydrogen-bond donors (Lipinski definition) is 2.